The molecule has 0 saturated heterocycles. The summed E-state index contributed by atoms with van der Waals surface area (Å²) in [5.41, 5.74) is 1.55. The Labute approximate surface area is 289 Å². The van der Waals surface area contributed by atoms with E-state index in [1.54, 1.807) is 7.05 Å². The number of fused-ring (bicyclic) bond motifs is 6. The van der Waals surface area contributed by atoms with Crippen LogP contribution in [0, 0.1) is 6.92 Å². The van der Waals surface area contributed by atoms with Crippen molar-refractivity contribution < 1.29 is 34.3 Å². The van der Waals surface area contributed by atoms with Gasteiger partial charge in [-0.2, -0.15) is 0 Å². The molecule has 0 aliphatic rings. The van der Waals surface area contributed by atoms with Crippen molar-refractivity contribution in [1.82, 2.24) is 14.1 Å². The van der Waals surface area contributed by atoms with E-state index in [1.165, 1.54) is 51.1 Å². The second-order valence-corrected chi connectivity index (χ2v) is 12.3. The van der Waals surface area contributed by atoms with E-state index in [0.29, 0.717) is 0 Å². The van der Waals surface area contributed by atoms with Gasteiger partial charge in [0, 0.05) is 58.4 Å². The Balaban J connectivity index is 1.72. The number of carboxylic acid groups (broad SMARTS) is 1. The minimum atomic E-state index is -1.57. The lowest BCUT2D eigenvalue weighted by molar-refractivity contribution is -0.141. The number of aromatic nitrogens is 3. The van der Waals surface area contributed by atoms with Crippen LogP contribution in [0.2, 0.25) is 0 Å². The summed E-state index contributed by atoms with van der Waals surface area (Å²) in [7, 11) is 5.25. The molecule has 0 radical (unpaired) electrons. The number of benzene rings is 5. The number of rotatable bonds is 7. The summed E-state index contributed by atoms with van der Waals surface area (Å²) in [4.78, 5) is 88.1. The third-order valence-electron chi connectivity index (χ3n) is 9.44. The number of carboxylic acids is 1. The second kappa shape index (κ2) is 11.5. The zero-order chi connectivity index (χ0) is 37.7. The standard InChI is InChI=1S/C36H28N4O12/c1-12-6-16-24(34(47)40(12)19(35(48)49)7-13-11-39(2)36(37)38-13)30(46)22-15-10-18-23(29(45)21-17(27(18)43)8-14(41)9-20(21)42)31(50-3)25(15)32(51-4)33(52-5)26(22)28(16)44/h6,8-11,19,41-42H,7H2,1-5H3,(H2,37,38)(H,48,49). The molecule has 0 aliphatic heterocycles. The van der Waals surface area contributed by atoms with Crippen LogP contribution in [0.3, 0.4) is 0 Å². The van der Waals surface area contributed by atoms with Gasteiger partial charge in [-0.05, 0) is 25.1 Å². The Bertz CT molecular complexity index is 3030. The average Bonchev–Trinajstić information content (AvgIpc) is 3.41. The number of imidazole rings is 1. The summed E-state index contributed by atoms with van der Waals surface area (Å²) in [5, 5.41) is 27.8. The molecule has 2 aromatic heterocycles. The molecule has 0 fully saturated rings. The lowest BCUT2D eigenvalue weighted by atomic mass is 9.91. The maximum absolute atomic E-state index is 14.7. The zero-order valence-electron chi connectivity index (χ0n) is 28.1. The number of hydrogen-bond donors (Lipinski definition) is 4. The minimum absolute atomic E-state index is 0.0568. The van der Waals surface area contributed by atoms with Crippen LogP contribution in [-0.2, 0) is 18.3 Å². The molecule has 0 amide bonds. The molecule has 1 atom stereocenters. The number of phenols is 2. The Morgan fingerprint density at radius 2 is 1.35 bits per heavy atom. The molecule has 0 bridgehead atoms. The number of methoxy groups -OCH3 is 3. The predicted octanol–water partition coefficient (Wildman–Crippen LogP) is 1.86. The third-order valence-corrected chi connectivity index (χ3v) is 9.44. The van der Waals surface area contributed by atoms with Crippen molar-refractivity contribution in [1.29, 1.82) is 0 Å². The topological polar surface area (TPSA) is 240 Å². The number of nitrogens with zero attached hydrogens (tertiary/aromatic N) is 3. The first-order valence-corrected chi connectivity index (χ1v) is 15.5. The summed E-state index contributed by atoms with van der Waals surface area (Å²) in [6.07, 6.45) is 1.21. The first-order valence-electron chi connectivity index (χ1n) is 15.5. The van der Waals surface area contributed by atoms with E-state index in [0.717, 1.165) is 16.7 Å². The molecular weight excluding hydrogens is 680 g/mol. The number of ether oxygens (including phenoxy) is 3. The van der Waals surface area contributed by atoms with Crippen LogP contribution >= 0.6 is 0 Å². The smallest absolute Gasteiger partial charge is 0.327 e. The highest BCUT2D eigenvalue weighted by Gasteiger charge is 2.31. The number of hydrogen-bond acceptors (Lipinski definition) is 13. The van der Waals surface area contributed by atoms with Crippen LogP contribution in [0.1, 0.15) is 17.4 Å². The van der Waals surface area contributed by atoms with E-state index < -0.39 is 66.9 Å². The molecular formula is C36H28N4O12. The third kappa shape index (κ3) is 4.43. The van der Waals surface area contributed by atoms with Gasteiger partial charge in [0.05, 0.1) is 54.0 Å². The van der Waals surface area contributed by atoms with E-state index in [-0.39, 0.29) is 78.7 Å². The minimum Gasteiger partial charge on any atom is -0.508 e. The van der Waals surface area contributed by atoms with Gasteiger partial charge in [-0.15, -0.1) is 0 Å². The molecule has 16 nitrogen and oxygen atoms in total. The Morgan fingerprint density at radius 1 is 0.750 bits per heavy atom. The van der Waals surface area contributed by atoms with Crippen LogP contribution < -0.4 is 47.2 Å². The van der Waals surface area contributed by atoms with Gasteiger partial charge < -0.3 is 39.8 Å². The number of anilines is 1. The van der Waals surface area contributed by atoms with Gasteiger partial charge in [0.2, 0.25) is 10.9 Å². The number of nitrogens with two attached hydrogens (primary N) is 1. The Morgan fingerprint density at radius 3 is 1.94 bits per heavy atom. The zero-order valence-corrected chi connectivity index (χ0v) is 28.1. The number of aryl methyl sites for hydroxylation is 2. The number of aromatic hydroxyl groups is 2. The van der Waals surface area contributed by atoms with Crippen molar-refractivity contribution in [3.05, 3.63) is 93.1 Å². The van der Waals surface area contributed by atoms with E-state index in [1.807, 2.05) is 0 Å². The van der Waals surface area contributed by atoms with E-state index in [4.69, 9.17) is 19.9 Å². The quantitative estimate of drug-likeness (QED) is 0.137. The average molecular weight is 709 g/mol. The van der Waals surface area contributed by atoms with Crippen molar-refractivity contribution in [3.63, 3.8) is 0 Å². The van der Waals surface area contributed by atoms with Gasteiger partial charge in [0.25, 0.3) is 5.56 Å². The van der Waals surface area contributed by atoms with E-state index in [2.05, 4.69) is 4.98 Å². The number of carbonyl (C=O) groups is 1. The molecule has 52 heavy (non-hydrogen) atoms. The van der Waals surface area contributed by atoms with Crippen LogP contribution in [-0.4, -0.2) is 56.7 Å². The van der Waals surface area contributed by atoms with Crippen molar-refractivity contribution in [2.24, 2.45) is 7.05 Å². The van der Waals surface area contributed by atoms with Crippen molar-refractivity contribution in [2.75, 3.05) is 27.1 Å². The molecule has 0 spiro atoms. The maximum atomic E-state index is 14.7. The highest BCUT2D eigenvalue weighted by Crippen LogP contribution is 2.48. The molecule has 1 unspecified atom stereocenters. The summed E-state index contributed by atoms with van der Waals surface area (Å²) in [5.74, 6) is -3.12. The van der Waals surface area contributed by atoms with Crippen molar-refractivity contribution in [2.45, 2.75) is 19.4 Å². The van der Waals surface area contributed by atoms with Crippen LogP contribution in [0.4, 0.5) is 5.95 Å². The van der Waals surface area contributed by atoms with Gasteiger partial charge in [0.15, 0.2) is 28.3 Å². The summed E-state index contributed by atoms with van der Waals surface area (Å²) in [6.45, 7) is 1.42. The molecule has 7 aromatic rings. The van der Waals surface area contributed by atoms with Crippen LogP contribution in [0.5, 0.6) is 28.7 Å². The van der Waals surface area contributed by atoms with Gasteiger partial charge in [-0.3, -0.25) is 28.5 Å². The lowest BCUT2D eigenvalue weighted by Gasteiger charge is -2.20. The predicted molar refractivity (Wildman–Crippen MR) is 191 cm³/mol. The van der Waals surface area contributed by atoms with Crippen molar-refractivity contribution >= 4 is 65.8 Å². The van der Waals surface area contributed by atoms with Crippen molar-refractivity contribution in [3.8, 4) is 28.7 Å². The number of pyridine rings is 1. The molecule has 0 aliphatic carbocycles. The Kier molecular flexibility index (Phi) is 7.44. The van der Waals surface area contributed by atoms with E-state index >= 15 is 0 Å². The molecule has 264 valence electrons. The van der Waals surface area contributed by atoms with Gasteiger partial charge in [-0.25, -0.2) is 9.78 Å². The first kappa shape index (κ1) is 33.5. The maximum Gasteiger partial charge on any atom is 0.327 e. The molecule has 7 rings (SSSR count). The summed E-state index contributed by atoms with van der Waals surface area (Å²) >= 11 is 0. The van der Waals surface area contributed by atoms with Gasteiger partial charge >= 0.3 is 5.97 Å². The molecule has 0 saturated carbocycles. The number of phenolic OH excluding ortho intramolecular Hbond substituents is 2. The monoisotopic (exact) mass is 708 g/mol. The largest absolute Gasteiger partial charge is 0.508 e. The molecule has 5 aromatic carbocycles. The molecule has 16 heteroatoms. The van der Waals surface area contributed by atoms with Crippen LogP contribution in [0.15, 0.2) is 54.4 Å². The first-order chi connectivity index (χ1) is 24.7. The highest BCUT2D eigenvalue weighted by atomic mass is 16.5. The Hall–Kier alpha value is -6.97. The molecule has 5 N–H and O–H groups in total. The molecule has 2 heterocycles. The number of nitrogen functional groups attached to an aromatic ring is 1. The SMILES string of the molecule is COc1c(OC)c2c(=O)c3cc(C)n(C(Cc4cn(C)c(N)n4)C(=O)O)c(=O)c3c(=O)c2c2cc3c(=O)c4cc(O)cc(O)c4c(=O)c3c(OC)c12. The fourth-order valence-corrected chi connectivity index (χ4v) is 7.23. The number of aliphatic carboxylic acids is 1. The second-order valence-electron chi connectivity index (χ2n) is 12.3. The fraction of sp³-hybridized carbons (Fsp3) is 0.194. The highest BCUT2D eigenvalue weighted by molar-refractivity contribution is 6.23. The normalized spacial score (nSPS) is 12.3. The fourth-order valence-electron chi connectivity index (χ4n) is 7.23. The lowest BCUT2D eigenvalue weighted by Crippen LogP contribution is -2.36. The van der Waals surface area contributed by atoms with Gasteiger partial charge in [0.1, 0.15) is 23.3 Å². The summed E-state index contributed by atoms with van der Waals surface area (Å²) < 4.78 is 19.4. The van der Waals surface area contributed by atoms with E-state index in [9.17, 15) is 44.1 Å². The van der Waals surface area contributed by atoms with Gasteiger partial charge in [-0.1, -0.05) is 0 Å². The van der Waals surface area contributed by atoms with Crippen LogP contribution in [0.25, 0.3) is 53.9 Å². The summed E-state index contributed by atoms with van der Waals surface area (Å²) in [6, 6.07) is 2.76.